The summed E-state index contributed by atoms with van der Waals surface area (Å²) in [4.78, 5) is 2.79. The fraction of sp³-hybridized carbons (Fsp3) is 0.667. The lowest BCUT2D eigenvalue weighted by Crippen LogP contribution is -2.44. The molecule has 0 radical (unpaired) electrons. The van der Waals surface area contributed by atoms with Crippen LogP contribution in [-0.4, -0.2) is 43.9 Å². The smallest absolute Gasteiger partial charge is 0.258 e. The Morgan fingerprint density at radius 1 is 1.22 bits per heavy atom. The summed E-state index contributed by atoms with van der Waals surface area (Å²) in [5.74, 6) is 0. The van der Waals surface area contributed by atoms with Crippen molar-refractivity contribution in [2.75, 3.05) is 26.2 Å². The van der Waals surface area contributed by atoms with Gasteiger partial charge in [-0.1, -0.05) is 0 Å². The predicted octanol–water partition coefficient (Wildman–Crippen LogP) is 0.779. The molecular weight excluding hydrogens is 250 g/mol. The van der Waals surface area contributed by atoms with Gasteiger partial charge in [-0.15, -0.1) is 0 Å². The van der Waals surface area contributed by atoms with Crippen molar-refractivity contribution in [2.45, 2.75) is 24.3 Å². The van der Waals surface area contributed by atoms with Crippen LogP contribution in [0.15, 0.2) is 23.4 Å². The van der Waals surface area contributed by atoms with Gasteiger partial charge in [-0.2, -0.15) is 4.31 Å². The molecular formula is C12H19N3O2S. The Morgan fingerprint density at radius 2 is 2.00 bits per heavy atom. The number of H-pyrrole nitrogens is 1. The molecule has 2 fully saturated rings. The number of nitrogens with zero attached hydrogens (tertiary/aromatic N) is 1. The Balaban J connectivity index is 1.73. The van der Waals surface area contributed by atoms with Crippen LogP contribution in [0, 0.1) is 5.41 Å². The van der Waals surface area contributed by atoms with Gasteiger partial charge < -0.3 is 10.3 Å². The van der Waals surface area contributed by atoms with Gasteiger partial charge in [-0.05, 0) is 43.4 Å². The minimum atomic E-state index is -3.31. The first-order valence-electron chi connectivity index (χ1n) is 6.47. The van der Waals surface area contributed by atoms with Gasteiger partial charge in [-0.3, -0.25) is 0 Å². The molecule has 1 aromatic heterocycles. The van der Waals surface area contributed by atoms with Gasteiger partial charge in [0, 0.05) is 25.8 Å². The van der Waals surface area contributed by atoms with Crippen molar-refractivity contribution in [1.82, 2.24) is 14.6 Å². The van der Waals surface area contributed by atoms with E-state index in [2.05, 4.69) is 10.3 Å². The molecule has 2 aliphatic rings. The van der Waals surface area contributed by atoms with E-state index >= 15 is 0 Å². The third kappa shape index (κ3) is 1.98. The van der Waals surface area contributed by atoms with Crippen LogP contribution in [0.4, 0.5) is 0 Å². The van der Waals surface area contributed by atoms with Crippen LogP contribution < -0.4 is 5.32 Å². The number of hydrogen-bond acceptors (Lipinski definition) is 3. The summed E-state index contributed by atoms with van der Waals surface area (Å²) in [6, 6.07) is 3.34. The lowest BCUT2D eigenvalue weighted by molar-refractivity contribution is 0.175. The van der Waals surface area contributed by atoms with Crippen molar-refractivity contribution in [2.24, 2.45) is 5.41 Å². The first-order chi connectivity index (χ1) is 8.62. The zero-order chi connectivity index (χ0) is 12.6. The van der Waals surface area contributed by atoms with Crippen molar-refractivity contribution in [3.8, 4) is 0 Å². The largest absolute Gasteiger partial charge is 0.351 e. The van der Waals surface area contributed by atoms with Crippen molar-refractivity contribution in [1.29, 1.82) is 0 Å². The lowest BCUT2D eigenvalue weighted by atomic mass is 9.78. The zero-order valence-electron chi connectivity index (χ0n) is 10.4. The number of aromatic amines is 1. The maximum atomic E-state index is 12.3. The van der Waals surface area contributed by atoms with Gasteiger partial charge in [0.2, 0.25) is 0 Å². The summed E-state index contributed by atoms with van der Waals surface area (Å²) in [7, 11) is -3.31. The van der Waals surface area contributed by atoms with Gasteiger partial charge in [-0.25, -0.2) is 8.42 Å². The van der Waals surface area contributed by atoms with E-state index in [0.717, 1.165) is 25.9 Å². The first-order valence-corrected chi connectivity index (χ1v) is 7.91. The van der Waals surface area contributed by atoms with Crippen molar-refractivity contribution in [3.63, 3.8) is 0 Å². The second-order valence-corrected chi connectivity index (χ2v) is 7.27. The minimum absolute atomic E-state index is 0.308. The van der Waals surface area contributed by atoms with E-state index in [4.69, 9.17) is 0 Å². The fourth-order valence-corrected chi connectivity index (χ4v) is 4.45. The molecule has 3 heterocycles. The average Bonchev–Trinajstić information content (AvgIpc) is 3.01. The van der Waals surface area contributed by atoms with E-state index in [1.165, 1.54) is 6.42 Å². The molecule has 2 saturated heterocycles. The number of rotatable bonds is 2. The van der Waals surface area contributed by atoms with Crippen LogP contribution in [-0.2, 0) is 10.0 Å². The number of piperidine rings is 1. The summed E-state index contributed by atoms with van der Waals surface area (Å²) in [5, 5.41) is 3.70. The highest BCUT2D eigenvalue weighted by atomic mass is 32.2. The van der Waals surface area contributed by atoms with Gasteiger partial charge >= 0.3 is 0 Å². The van der Waals surface area contributed by atoms with Crippen molar-refractivity contribution < 1.29 is 8.42 Å². The summed E-state index contributed by atoms with van der Waals surface area (Å²) >= 11 is 0. The van der Waals surface area contributed by atoms with Crippen LogP contribution in [0.2, 0.25) is 0 Å². The van der Waals surface area contributed by atoms with E-state index in [9.17, 15) is 8.42 Å². The van der Waals surface area contributed by atoms with Gasteiger partial charge in [0.05, 0.1) is 0 Å². The Bertz CT molecular complexity index is 493. The predicted molar refractivity (Wildman–Crippen MR) is 68.7 cm³/mol. The molecule has 2 N–H and O–H groups in total. The zero-order valence-corrected chi connectivity index (χ0v) is 11.2. The molecule has 100 valence electrons. The summed E-state index contributed by atoms with van der Waals surface area (Å²) in [6.07, 6.45) is 4.78. The molecule has 5 nitrogen and oxygen atoms in total. The number of aromatic nitrogens is 1. The molecule has 2 aliphatic heterocycles. The molecule has 0 saturated carbocycles. The van der Waals surface area contributed by atoms with E-state index in [1.807, 2.05) is 0 Å². The second kappa shape index (κ2) is 4.36. The van der Waals surface area contributed by atoms with Crippen LogP contribution in [0.1, 0.15) is 19.3 Å². The van der Waals surface area contributed by atoms with Gasteiger partial charge in [0.1, 0.15) is 5.03 Å². The van der Waals surface area contributed by atoms with E-state index in [-0.39, 0.29) is 0 Å². The number of nitrogens with one attached hydrogen (secondary N) is 2. The highest BCUT2D eigenvalue weighted by molar-refractivity contribution is 7.89. The van der Waals surface area contributed by atoms with E-state index in [1.54, 1.807) is 22.6 Å². The minimum Gasteiger partial charge on any atom is -0.351 e. The van der Waals surface area contributed by atoms with Gasteiger partial charge in [0.25, 0.3) is 10.0 Å². The summed E-state index contributed by atoms with van der Waals surface area (Å²) < 4.78 is 26.3. The molecule has 0 atom stereocenters. The third-order valence-corrected chi connectivity index (χ3v) is 6.16. The topological polar surface area (TPSA) is 65.2 Å². The molecule has 0 unspecified atom stereocenters. The molecule has 1 aromatic rings. The Morgan fingerprint density at radius 3 is 2.56 bits per heavy atom. The first kappa shape index (κ1) is 12.2. The molecule has 0 amide bonds. The molecule has 6 heteroatoms. The Kier molecular flexibility index (Phi) is 2.96. The van der Waals surface area contributed by atoms with Crippen LogP contribution in [0.25, 0.3) is 0 Å². The average molecular weight is 269 g/mol. The Hall–Kier alpha value is -0.850. The summed E-state index contributed by atoms with van der Waals surface area (Å²) in [5.41, 5.74) is 0.349. The van der Waals surface area contributed by atoms with Gasteiger partial charge in [0.15, 0.2) is 0 Å². The molecule has 3 rings (SSSR count). The maximum Gasteiger partial charge on any atom is 0.258 e. The summed E-state index contributed by atoms with van der Waals surface area (Å²) in [6.45, 7) is 3.40. The molecule has 1 spiro atoms. The van der Waals surface area contributed by atoms with Crippen LogP contribution >= 0.6 is 0 Å². The standard InChI is InChI=1S/C12H19N3O2S/c16-18(17,11-2-1-6-14-11)15-8-4-12(5-9-15)3-7-13-10-12/h1-2,6,13-14H,3-5,7-10H2. The van der Waals surface area contributed by atoms with Crippen LogP contribution in [0.3, 0.4) is 0 Å². The van der Waals surface area contributed by atoms with E-state index in [0.29, 0.717) is 23.5 Å². The number of hydrogen-bond donors (Lipinski definition) is 2. The van der Waals surface area contributed by atoms with Crippen molar-refractivity contribution >= 4 is 10.0 Å². The molecule has 0 bridgehead atoms. The maximum absolute atomic E-state index is 12.3. The fourth-order valence-electron chi connectivity index (χ4n) is 3.04. The van der Waals surface area contributed by atoms with Crippen LogP contribution in [0.5, 0.6) is 0 Å². The van der Waals surface area contributed by atoms with E-state index < -0.39 is 10.0 Å². The molecule has 0 aromatic carbocycles. The van der Waals surface area contributed by atoms with Crippen molar-refractivity contribution in [3.05, 3.63) is 18.3 Å². The highest BCUT2D eigenvalue weighted by Gasteiger charge is 2.40. The third-order valence-electron chi connectivity index (χ3n) is 4.30. The Labute approximate surface area is 108 Å². The second-order valence-electron chi connectivity index (χ2n) is 5.37. The SMILES string of the molecule is O=S(=O)(c1ccc[nH]1)N1CCC2(CCNC2)CC1. The normalized spacial score (nSPS) is 24.7. The molecule has 18 heavy (non-hydrogen) atoms. The lowest BCUT2D eigenvalue weighted by Gasteiger charge is -2.37. The number of sulfonamides is 1. The monoisotopic (exact) mass is 269 g/mol. The highest BCUT2D eigenvalue weighted by Crippen LogP contribution is 2.38. The molecule has 0 aliphatic carbocycles. The quantitative estimate of drug-likeness (QED) is 0.834.